The number of ether oxygens (including phenoxy) is 2. The van der Waals surface area contributed by atoms with Crippen molar-refractivity contribution in [3.8, 4) is 11.5 Å². The Morgan fingerprint density at radius 3 is 1.37 bits per heavy atom. The molecule has 10 nitrogen and oxygen atoms in total. The van der Waals surface area contributed by atoms with Crippen LogP contribution in [0, 0.1) is 0 Å². The molecule has 17 heteroatoms. The molecule has 6 aromatic carbocycles. The summed E-state index contributed by atoms with van der Waals surface area (Å²) in [6.45, 7) is 6.49. The summed E-state index contributed by atoms with van der Waals surface area (Å²) in [4.78, 5) is 82.2. The van der Waals surface area contributed by atoms with Crippen molar-refractivity contribution in [3.05, 3.63) is 167 Å². The van der Waals surface area contributed by atoms with Gasteiger partial charge in [0, 0.05) is 55.6 Å². The van der Waals surface area contributed by atoms with E-state index in [0.717, 1.165) is 0 Å². The number of alkyl halides is 6. The summed E-state index contributed by atoms with van der Waals surface area (Å²) in [5.41, 5.74) is -11.2. The number of benzene rings is 6. The first kappa shape index (κ1) is 41.2. The number of hydrogen-bond donors (Lipinski definition) is 0. The molecule has 2 heterocycles. The van der Waals surface area contributed by atoms with Crippen LogP contribution >= 0.6 is 11.6 Å². The third kappa shape index (κ3) is 6.04. The lowest BCUT2D eigenvalue weighted by Gasteiger charge is -2.39. The molecule has 0 aromatic heterocycles. The maximum absolute atomic E-state index is 15.9. The third-order valence-corrected chi connectivity index (χ3v) is 10.8. The van der Waals surface area contributed by atoms with Gasteiger partial charge in [-0.05, 0) is 71.1 Å². The van der Waals surface area contributed by atoms with Gasteiger partial charge in [-0.25, -0.2) is 19.4 Å². The summed E-state index contributed by atoms with van der Waals surface area (Å²) < 4.78 is 106. The van der Waals surface area contributed by atoms with E-state index in [1.165, 1.54) is 54.6 Å². The minimum atomic E-state index is -6.36. The highest BCUT2D eigenvalue weighted by Gasteiger charge is 2.73. The van der Waals surface area contributed by atoms with E-state index in [1.807, 2.05) is 0 Å². The molecule has 2 aliphatic rings. The summed E-state index contributed by atoms with van der Waals surface area (Å²) in [6.07, 6.45) is -11.5. The predicted molar refractivity (Wildman–Crippen MR) is 213 cm³/mol. The molecule has 0 atom stereocenters. The van der Waals surface area contributed by atoms with Gasteiger partial charge in [-0.3, -0.25) is 19.2 Å². The van der Waals surface area contributed by atoms with E-state index in [9.17, 15) is 28.8 Å². The fourth-order valence-corrected chi connectivity index (χ4v) is 8.05. The zero-order valence-corrected chi connectivity index (χ0v) is 31.9. The Kier molecular flexibility index (Phi) is 9.66. The maximum atomic E-state index is 15.9. The highest BCUT2D eigenvalue weighted by molar-refractivity contribution is 6.41. The van der Waals surface area contributed by atoms with Crippen LogP contribution < -0.4 is 19.3 Å². The van der Waals surface area contributed by atoms with Gasteiger partial charge in [-0.2, -0.15) is 26.3 Å². The number of carbonyl (C=O) groups is 6. The van der Waals surface area contributed by atoms with Crippen molar-refractivity contribution in [2.45, 2.75) is 17.8 Å². The minimum Gasteiger partial charge on any atom is -0.421 e. The lowest BCUT2D eigenvalue weighted by molar-refractivity contribution is -0.288. The standard InChI is InChI=1S/C45H23ClF6N2O8/c1-3-35(55)61-33-18-14-23(20-31(33)53-39(57)26-11-5-8-22-9-6-12-27(37(22)26)40(53)58)43(44(47,48)49,45(50,51)52)24-15-19-34(62-36(56)4-2)32(21-24)54-41(59)28-13-7-10-25-30(46)17-16-29(38(25)28)42(54)60/h3-21H,1-2H2. The molecule has 0 radical (unpaired) electrons. The van der Waals surface area contributed by atoms with E-state index < -0.39 is 87.3 Å². The Bertz CT molecular complexity index is 2960. The van der Waals surface area contributed by atoms with E-state index in [1.54, 1.807) is 12.1 Å². The number of anilines is 2. The summed E-state index contributed by atoms with van der Waals surface area (Å²) in [5, 5.41) is 1.01. The Morgan fingerprint density at radius 1 is 0.548 bits per heavy atom. The van der Waals surface area contributed by atoms with Crippen molar-refractivity contribution in [1.82, 2.24) is 0 Å². The molecule has 0 saturated heterocycles. The molecule has 8 rings (SSSR count). The van der Waals surface area contributed by atoms with Gasteiger partial charge in [0.15, 0.2) is 11.5 Å². The fourth-order valence-electron chi connectivity index (χ4n) is 7.83. The molecule has 0 aliphatic carbocycles. The molecular weight excluding hydrogens is 846 g/mol. The SMILES string of the molecule is C=CC(=O)Oc1ccc(C(c2ccc(OC(=O)C=C)c(N3C(=O)c4cccc5c(Cl)ccc(c45)C3=O)c2)(C(F)(F)F)C(F)(F)F)cc1N1C(=O)c2cccc3cccc(c23)C1=O. The van der Waals surface area contributed by atoms with Gasteiger partial charge in [-0.15, -0.1) is 0 Å². The Balaban J connectivity index is 1.39. The van der Waals surface area contributed by atoms with Crippen molar-refractivity contribution >= 4 is 80.1 Å². The lowest BCUT2D eigenvalue weighted by atomic mass is 9.72. The van der Waals surface area contributed by atoms with Crippen molar-refractivity contribution in [1.29, 1.82) is 0 Å². The van der Waals surface area contributed by atoms with Crippen LogP contribution in [0.3, 0.4) is 0 Å². The first-order valence-corrected chi connectivity index (χ1v) is 18.3. The topological polar surface area (TPSA) is 127 Å². The van der Waals surface area contributed by atoms with Gasteiger partial charge in [-0.1, -0.05) is 73.3 Å². The number of amides is 4. The van der Waals surface area contributed by atoms with E-state index in [0.29, 0.717) is 46.7 Å². The zero-order valence-electron chi connectivity index (χ0n) is 31.2. The second-order valence-electron chi connectivity index (χ2n) is 13.8. The van der Waals surface area contributed by atoms with Crippen molar-refractivity contribution in [3.63, 3.8) is 0 Å². The van der Waals surface area contributed by atoms with Crippen LogP contribution in [0.15, 0.2) is 128 Å². The molecule has 0 saturated carbocycles. The van der Waals surface area contributed by atoms with Crippen LogP contribution in [-0.4, -0.2) is 47.9 Å². The monoisotopic (exact) mass is 868 g/mol. The van der Waals surface area contributed by atoms with Crippen molar-refractivity contribution in [2.24, 2.45) is 0 Å². The minimum absolute atomic E-state index is 0.0532. The van der Waals surface area contributed by atoms with Gasteiger partial charge in [0.25, 0.3) is 23.6 Å². The molecule has 6 aromatic rings. The molecule has 4 amide bonds. The maximum Gasteiger partial charge on any atom is 0.411 e. The summed E-state index contributed by atoms with van der Waals surface area (Å²) in [7, 11) is 0. The number of carbonyl (C=O) groups excluding carboxylic acids is 6. The van der Waals surface area contributed by atoms with Gasteiger partial charge in [0.2, 0.25) is 5.41 Å². The summed E-state index contributed by atoms with van der Waals surface area (Å²) >= 11 is 6.32. The number of halogens is 7. The van der Waals surface area contributed by atoms with Crippen LogP contribution in [0.1, 0.15) is 52.6 Å². The quantitative estimate of drug-likeness (QED) is 0.0487. The largest absolute Gasteiger partial charge is 0.421 e. The van der Waals surface area contributed by atoms with Gasteiger partial charge < -0.3 is 9.47 Å². The van der Waals surface area contributed by atoms with Gasteiger partial charge in [0.05, 0.1) is 11.4 Å². The Hall–Kier alpha value is -7.59. The highest BCUT2D eigenvalue weighted by atomic mass is 35.5. The van der Waals surface area contributed by atoms with Crippen molar-refractivity contribution in [2.75, 3.05) is 9.80 Å². The molecule has 0 spiro atoms. The summed E-state index contributed by atoms with van der Waals surface area (Å²) in [5.74, 6) is -8.91. The van der Waals surface area contributed by atoms with Gasteiger partial charge in [0.1, 0.15) is 0 Å². The van der Waals surface area contributed by atoms with Gasteiger partial charge >= 0.3 is 24.3 Å². The number of hydrogen-bond acceptors (Lipinski definition) is 8. The Labute approximate surface area is 349 Å². The molecule has 0 fully saturated rings. The number of imide groups is 2. The van der Waals surface area contributed by atoms with Crippen LogP contribution in [0.4, 0.5) is 37.7 Å². The fraction of sp³-hybridized carbons (Fsp3) is 0.0667. The van der Waals surface area contributed by atoms with E-state index in [-0.39, 0.29) is 60.5 Å². The molecule has 0 bridgehead atoms. The summed E-state index contributed by atoms with van der Waals surface area (Å²) in [6, 6.07) is 17.4. The molecule has 0 N–H and O–H groups in total. The van der Waals surface area contributed by atoms with E-state index in [2.05, 4.69) is 13.2 Å². The zero-order chi connectivity index (χ0) is 44.6. The first-order valence-electron chi connectivity index (χ1n) is 18.0. The second-order valence-corrected chi connectivity index (χ2v) is 14.2. The molecular formula is C45H23ClF6N2O8. The third-order valence-electron chi connectivity index (χ3n) is 10.5. The number of esters is 2. The predicted octanol–water partition coefficient (Wildman–Crippen LogP) is 9.84. The Morgan fingerprint density at radius 2 is 0.952 bits per heavy atom. The molecule has 0 unspecified atom stereocenters. The lowest BCUT2D eigenvalue weighted by Crippen LogP contribution is -2.55. The highest BCUT2D eigenvalue weighted by Crippen LogP contribution is 2.58. The average Bonchev–Trinajstić information content (AvgIpc) is 3.23. The average molecular weight is 869 g/mol. The molecule has 2 aliphatic heterocycles. The van der Waals surface area contributed by atoms with E-state index >= 15 is 26.3 Å². The molecule has 62 heavy (non-hydrogen) atoms. The van der Waals surface area contributed by atoms with Crippen LogP contribution in [-0.2, 0) is 15.0 Å². The second kappa shape index (κ2) is 14.6. The number of rotatable bonds is 8. The smallest absolute Gasteiger partial charge is 0.411 e. The van der Waals surface area contributed by atoms with E-state index in [4.69, 9.17) is 21.1 Å². The van der Waals surface area contributed by atoms with Crippen LogP contribution in [0.25, 0.3) is 21.5 Å². The van der Waals surface area contributed by atoms with Crippen LogP contribution in [0.2, 0.25) is 5.02 Å². The normalized spacial score (nSPS) is 14.0. The number of nitrogens with zero attached hydrogens (tertiary/aromatic N) is 2. The van der Waals surface area contributed by atoms with Crippen molar-refractivity contribution < 1.29 is 64.6 Å². The van der Waals surface area contributed by atoms with Crippen LogP contribution in [0.5, 0.6) is 11.5 Å². The molecule has 310 valence electrons. The first-order chi connectivity index (χ1) is 29.3.